The van der Waals surface area contributed by atoms with Crippen LogP contribution in [0.25, 0.3) is 11.0 Å². The Morgan fingerprint density at radius 1 is 1.33 bits per heavy atom. The van der Waals surface area contributed by atoms with Crippen molar-refractivity contribution >= 4 is 17.1 Å². The first kappa shape index (κ1) is 14.0. The van der Waals surface area contributed by atoms with Gasteiger partial charge >= 0.3 is 6.09 Å². The highest BCUT2D eigenvalue weighted by atomic mass is 16.6. The standard InChI is InChI=1S/C17H21NO3/c1-5-11-7-6-8-12-9-13(20-15(11)12)14-10-18(16(19)21-14)17(2,3)4/h6-9,14H,5,10H2,1-4H3/t14-/m0/s1. The minimum absolute atomic E-state index is 0.244. The van der Waals surface area contributed by atoms with Crippen LogP contribution in [0.1, 0.15) is 45.1 Å². The van der Waals surface area contributed by atoms with E-state index in [0.29, 0.717) is 6.54 Å². The van der Waals surface area contributed by atoms with Crippen molar-refractivity contribution in [3.8, 4) is 0 Å². The number of hydrogen-bond acceptors (Lipinski definition) is 3. The van der Waals surface area contributed by atoms with Crippen molar-refractivity contribution in [2.24, 2.45) is 0 Å². The van der Waals surface area contributed by atoms with Gasteiger partial charge in [0, 0.05) is 10.9 Å². The molecule has 3 rings (SSSR count). The Labute approximate surface area is 124 Å². The Balaban J connectivity index is 1.94. The first-order chi connectivity index (χ1) is 9.90. The molecule has 1 fully saturated rings. The summed E-state index contributed by atoms with van der Waals surface area (Å²) in [5.74, 6) is 0.728. The number of hydrogen-bond donors (Lipinski definition) is 0. The summed E-state index contributed by atoms with van der Waals surface area (Å²) in [6.07, 6.45) is 0.320. The van der Waals surface area contributed by atoms with E-state index < -0.39 is 0 Å². The number of benzene rings is 1. The fraction of sp³-hybridized carbons (Fsp3) is 0.471. The zero-order valence-electron chi connectivity index (χ0n) is 13.0. The molecule has 1 aromatic heterocycles. The number of carbonyl (C=O) groups is 1. The Hall–Kier alpha value is -1.97. The monoisotopic (exact) mass is 287 g/mol. The van der Waals surface area contributed by atoms with Crippen molar-refractivity contribution in [2.75, 3.05) is 6.54 Å². The number of cyclic esters (lactones) is 1. The lowest BCUT2D eigenvalue weighted by Crippen LogP contribution is -2.41. The minimum Gasteiger partial charge on any atom is -0.457 e. The van der Waals surface area contributed by atoms with Gasteiger partial charge in [-0.1, -0.05) is 25.1 Å². The molecule has 0 bridgehead atoms. The molecule has 0 aliphatic carbocycles. The van der Waals surface area contributed by atoms with Gasteiger partial charge in [-0.05, 0) is 38.8 Å². The first-order valence-electron chi connectivity index (χ1n) is 7.39. The molecular formula is C17H21NO3. The maximum absolute atomic E-state index is 12.0. The second-order valence-corrected chi connectivity index (χ2v) is 6.49. The van der Waals surface area contributed by atoms with Gasteiger partial charge in [0.15, 0.2) is 6.10 Å². The summed E-state index contributed by atoms with van der Waals surface area (Å²) in [4.78, 5) is 13.7. The molecule has 1 amide bonds. The highest BCUT2D eigenvalue weighted by molar-refractivity contribution is 5.81. The van der Waals surface area contributed by atoms with Gasteiger partial charge in [-0.3, -0.25) is 4.90 Å². The van der Waals surface area contributed by atoms with Crippen molar-refractivity contribution in [3.05, 3.63) is 35.6 Å². The molecule has 4 heteroatoms. The van der Waals surface area contributed by atoms with Gasteiger partial charge in [0.2, 0.25) is 0 Å². The number of ether oxygens (including phenoxy) is 1. The predicted octanol–water partition coefficient (Wildman–Crippen LogP) is 4.29. The summed E-state index contributed by atoms with van der Waals surface area (Å²) in [6.45, 7) is 8.65. The van der Waals surface area contributed by atoms with Crippen molar-refractivity contribution < 1.29 is 13.9 Å². The van der Waals surface area contributed by atoms with Crippen LogP contribution in [0.4, 0.5) is 4.79 Å². The van der Waals surface area contributed by atoms with Crippen LogP contribution in [-0.2, 0) is 11.2 Å². The van der Waals surface area contributed by atoms with Gasteiger partial charge in [0.05, 0.1) is 6.54 Å². The molecule has 2 aromatic rings. The van der Waals surface area contributed by atoms with Crippen LogP contribution in [0.15, 0.2) is 28.7 Å². The molecule has 112 valence electrons. The molecule has 0 N–H and O–H groups in total. The molecule has 1 aromatic carbocycles. The average Bonchev–Trinajstić information content (AvgIpc) is 3.00. The number of fused-ring (bicyclic) bond motifs is 1. The Morgan fingerprint density at radius 3 is 2.71 bits per heavy atom. The van der Waals surface area contributed by atoms with E-state index in [9.17, 15) is 4.79 Å². The van der Waals surface area contributed by atoms with E-state index in [1.165, 1.54) is 5.56 Å². The highest BCUT2D eigenvalue weighted by Crippen LogP contribution is 2.34. The molecule has 0 spiro atoms. The third kappa shape index (κ3) is 2.39. The fourth-order valence-electron chi connectivity index (χ4n) is 2.74. The summed E-state index contributed by atoms with van der Waals surface area (Å²) >= 11 is 0. The molecular weight excluding hydrogens is 266 g/mol. The largest absolute Gasteiger partial charge is 0.457 e. The van der Waals surface area contributed by atoms with Crippen LogP contribution in [0.3, 0.4) is 0 Å². The molecule has 1 atom stereocenters. The number of para-hydroxylation sites is 1. The Kier molecular flexibility index (Phi) is 3.19. The summed E-state index contributed by atoms with van der Waals surface area (Å²) in [7, 11) is 0. The van der Waals surface area contributed by atoms with Crippen molar-refractivity contribution in [3.63, 3.8) is 0 Å². The first-order valence-corrected chi connectivity index (χ1v) is 7.39. The quantitative estimate of drug-likeness (QED) is 0.827. The van der Waals surface area contributed by atoms with Crippen LogP contribution in [0, 0.1) is 0 Å². The van der Waals surface area contributed by atoms with Crippen molar-refractivity contribution in [2.45, 2.75) is 45.8 Å². The van der Waals surface area contributed by atoms with E-state index >= 15 is 0 Å². The number of rotatable bonds is 2. The highest BCUT2D eigenvalue weighted by Gasteiger charge is 2.40. The molecule has 0 radical (unpaired) electrons. The van der Waals surface area contributed by atoms with E-state index in [1.807, 2.05) is 39.0 Å². The van der Waals surface area contributed by atoms with Crippen LogP contribution in [0.5, 0.6) is 0 Å². The molecule has 2 heterocycles. The molecule has 4 nitrogen and oxygen atoms in total. The lowest BCUT2D eigenvalue weighted by atomic mass is 10.1. The lowest BCUT2D eigenvalue weighted by Gasteiger charge is -2.28. The van der Waals surface area contributed by atoms with E-state index in [4.69, 9.17) is 9.15 Å². The van der Waals surface area contributed by atoms with Gasteiger partial charge in [0.1, 0.15) is 11.3 Å². The minimum atomic E-state index is -0.325. The summed E-state index contributed by atoms with van der Waals surface area (Å²) in [6, 6.07) is 8.11. The van der Waals surface area contributed by atoms with Gasteiger partial charge in [-0.2, -0.15) is 0 Å². The third-order valence-electron chi connectivity index (χ3n) is 3.96. The average molecular weight is 287 g/mol. The van der Waals surface area contributed by atoms with Crippen LogP contribution < -0.4 is 0 Å². The normalized spacial score (nSPS) is 19.3. The second-order valence-electron chi connectivity index (χ2n) is 6.49. The van der Waals surface area contributed by atoms with E-state index in [2.05, 4.69) is 13.0 Å². The summed E-state index contributed by atoms with van der Waals surface area (Å²) < 4.78 is 11.5. The molecule has 0 saturated carbocycles. The zero-order chi connectivity index (χ0) is 15.2. The van der Waals surface area contributed by atoms with E-state index in [0.717, 1.165) is 23.2 Å². The predicted molar refractivity (Wildman–Crippen MR) is 81.3 cm³/mol. The summed E-state index contributed by atoms with van der Waals surface area (Å²) in [5.41, 5.74) is 1.84. The van der Waals surface area contributed by atoms with Crippen molar-refractivity contribution in [1.29, 1.82) is 0 Å². The van der Waals surface area contributed by atoms with E-state index in [1.54, 1.807) is 4.90 Å². The Morgan fingerprint density at radius 2 is 2.10 bits per heavy atom. The molecule has 1 aliphatic heterocycles. The second kappa shape index (κ2) is 4.79. The summed E-state index contributed by atoms with van der Waals surface area (Å²) in [5, 5.41) is 1.06. The van der Waals surface area contributed by atoms with Crippen LogP contribution in [0.2, 0.25) is 0 Å². The van der Waals surface area contributed by atoms with Crippen molar-refractivity contribution in [1.82, 2.24) is 4.90 Å². The van der Waals surface area contributed by atoms with Gasteiger partial charge < -0.3 is 9.15 Å². The maximum Gasteiger partial charge on any atom is 0.411 e. The molecule has 1 aliphatic rings. The fourth-order valence-corrected chi connectivity index (χ4v) is 2.74. The van der Waals surface area contributed by atoms with Gasteiger partial charge in [0.25, 0.3) is 0 Å². The zero-order valence-corrected chi connectivity index (χ0v) is 13.0. The lowest BCUT2D eigenvalue weighted by molar-refractivity contribution is 0.114. The SMILES string of the molecule is CCc1cccc2cc([C@@H]3CN(C(C)(C)C)C(=O)O3)oc12. The van der Waals surface area contributed by atoms with Crippen LogP contribution >= 0.6 is 0 Å². The van der Waals surface area contributed by atoms with Gasteiger partial charge in [-0.25, -0.2) is 4.79 Å². The third-order valence-corrected chi connectivity index (χ3v) is 3.96. The van der Waals surface area contributed by atoms with E-state index in [-0.39, 0.29) is 17.7 Å². The smallest absolute Gasteiger partial charge is 0.411 e. The number of nitrogens with zero attached hydrogens (tertiary/aromatic N) is 1. The number of aryl methyl sites for hydroxylation is 1. The number of carbonyl (C=O) groups excluding carboxylic acids is 1. The maximum atomic E-state index is 12.0. The Bertz CT molecular complexity index is 681. The molecule has 1 saturated heterocycles. The van der Waals surface area contributed by atoms with Crippen LogP contribution in [-0.4, -0.2) is 23.1 Å². The molecule has 0 unspecified atom stereocenters. The molecule has 21 heavy (non-hydrogen) atoms. The number of amides is 1. The number of furan rings is 1. The topological polar surface area (TPSA) is 42.7 Å². The van der Waals surface area contributed by atoms with Gasteiger partial charge in [-0.15, -0.1) is 0 Å².